The quantitative estimate of drug-likeness (QED) is 0.269. The van der Waals surface area contributed by atoms with Crippen LogP contribution in [0.3, 0.4) is 0 Å². The average Bonchev–Trinajstić information content (AvgIpc) is 3.27. The Morgan fingerprint density at radius 3 is 2.43 bits per heavy atom. The van der Waals surface area contributed by atoms with Crippen molar-refractivity contribution in [1.29, 1.82) is 10.5 Å². The van der Waals surface area contributed by atoms with Crippen LogP contribution in [0.2, 0.25) is 10.0 Å². The number of nitrogens with zero attached hydrogens (tertiary/aromatic N) is 5. The Bertz CT molecular complexity index is 1390. The lowest BCUT2D eigenvalue weighted by atomic mass is 9.95. The molecule has 0 saturated carbocycles. The number of hydrogen-bond donors (Lipinski definition) is 0. The van der Waals surface area contributed by atoms with Crippen LogP contribution in [0.1, 0.15) is 34.2 Å². The summed E-state index contributed by atoms with van der Waals surface area (Å²) in [4.78, 5) is 8.51. The van der Waals surface area contributed by atoms with Gasteiger partial charge in [-0.3, -0.25) is 4.98 Å². The SMILES string of the molecule is Cl.Cl.Cn1cncc1C(OCc1ccc(C#N)cn1)c1ccc(C#N)c(-c2cccc(Cl)c2Cl)c1. The lowest BCUT2D eigenvalue weighted by Gasteiger charge is -2.20. The number of nitriles is 2. The molecule has 0 fully saturated rings. The van der Waals surface area contributed by atoms with Gasteiger partial charge in [0.25, 0.3) is 0 Å². The number of aryl methyl sites for hydroxylation is 1. The molecule has 0 N–H and O–H groups in total. The summed E-state index contributed by atoms with van der Waals surface area (Å²) in [7, 11) is 1.89. The molecule has 0 aliphatic heterocycles. The molecular weight excluding hydrogens is 528 g/mol. The molecule has 10 heteroatoms. The number of ether oxygens (including phenoxy) is 1. The van der Waals surface area contributed by atoms with Crippen molar-refractivity contribution in [3.8, 4) is 23.3 Å². The Balaban J connectivity index is 0.00000216. The molecule has 0 spiro atoms. The van der Waals surface area contributed by atoms with Gasteiger partial charge in [-0.2, -0.15) is 10.5 Å². The van der Waals surface area contributed by atoms with Crippen LogP contribution in [0.15, 0.2) is 67.3 Å². The maximum atomic E-state index is 9.69. The average molecular weight is 547 g/mol. The van der Waals surface area contributed by atoms with Crippen molar-refractivity contribution in [2.24, 2.45) is 7.05 Å². The molecule has 2 heterocycles. The highest BCUT2D eigenvalue weighted by Crippen LogP contribution is 2.37. The third kappa shape index (κ3) is 6.13. The predicted molar refractivity (Wildman–Crippen MR) is 140 cm³/mol. The second kappa shape index (κ2) is 12.6. The first-order valence-corrected chi connectivity index (χ1v) is 10.7. The van der Waals surface area contributed by atoms with E-state index in [1.807, 2.05) is 29.8 Å². The fourth-order valence-electron chi connectivity index (χ4n) is 3.47. The maximum Gasteiger partial charge on any atom is 0.125 e. The molecule has 35 heavy (non-hydrogen) atoms. The summed E-state index contributed by atoms with van der Waals surface area (Å²) in [5.41, 5.74) is 4.62. The molecule has 4 rings (SSSR count). The number of imidazole rings is 1. The van der Waals surface area contributed by atoms with Gasteiger partial charge in [0.15, 0.2) is 0 Å². The topological polar surface area (TPSA) is 87.5 Å². The fourth-order valence-corrected chi connectivity index (χ4v) is 3.88. The molecule has 1 unspecified atom stereocenters. The minimum absolute atomic E-state index is 0. The number of halogens is 4. The molecule has 0 bridgehead atoms. The van der Waals surface area contributed by atoms with E-state index in [1.165, 1.54) is 6.20 Å². The van der Waals surface area contributed by atoms with E-state index in [0.29, 0.717) is 38.0 Å². The van der Waals surface area contributed by atoms with Crippen LogP contribution in [0.4, 0.5) is 0 Å². The van der Waals surface area contributed by atoms with Crippen LogP contribution in [0, 0.1) is 22.7 Å². The Hall–Kier alpha value is -3.10. The monoisotopic (exact) mass is 545 g/mol. The molecule has 2 aromatic carbocycles. The lowest BCUT2D eigenvalue weighted by Crippen LogP contribution is -2.11. The summed E-state index contributed by atoms with van der Waals surface area (Å²) < 4.78 is 8.16. The fraction of sp³-hybridized carbons (Fsp3) is 0.120. The zero-order valence-electron chi connectivity index (χ0n) is 18.4. The van der Waals surface area contributed by atoms with Crippen molar-refractivity contribution in [2.75, 3.05) is 0 Å². The summed E-state index contributed by atoms with van der Waals surface area (Å²) in [6, 6.07) is 18.6. The molecule has 0 aliphatic carbocycles. The highest BCUT2D eigenvalue weighted by atomic mass is 35.5. The van der Waals surface area contributed by atoms with Crippen LogP contribution in [-0.2, 0) is 18.4 Å². The first kappa shape index (κ1) is 28.1. The maximum absolute atomic E-state index is 9.69. The Morgan fingerprint density at radius 2 is 1.80 bits per heavy atom. The van der Waals surface area contributed by atoms with Gasteiger partial charge in [0, 0.05) is 24.4 Å². The standard InChI is InChI=1S/C25H17Cl2N5O.2ClH/c1-32-15-30-13-23(32)25(33-14-19-8-5-16(10-28)12-31-19)17-6-7-18(11-29)21(9-17)20-3-2-4-22(26)24(20)27;;/h2-9,12-13,15,25H,14H2,1H3;2*1H. The van der Waals surface area contributed by atoms with Gasteiger partial charge >= 0.3 is 0 Å². The van der Waals surface area contributed by atoms with Crippen molar-refractivity contribution in [2.45, 2.75) is 12.7 Å². The van der Waals surface area contributed by atoms with Crippen molar-refractivity contribution in [3.63, 3.8) is 0 Å². The van der Waals surface area contributed by atoms with Crippen LogP contribution in [0.25, 0.3) is 11.1 Å². The van der Waals surface area contributed by atoms with E-state index in [9.17, 15) is 5.26 Å². The third-order valence-corrected chi connectivity index (χ3v) is 6.00. The van der Waals surface area contributed by atoms with Crippen LogP contribution in [-0.4, -0.2) is 14.5 Å². The molecule has 2 aromatic heterocycles. The van der Waals surface area contributed by atoms with E-state index >= 15 is 0 Å². The first-order valence-electron chi connectivity index (χ1n) is 9.93. The summed E-state index contributed by atoms with van der Waals surface area (Å²) >= 11 is 12.7. The number of pyridine rings is 1. The van der Waals surface area contributed by atoms with E-state index in [0.717, 1.165) is 11.3 Å². The van der Waals surface area contributed by atoms with E-state index in [4.69, 9.17) is 33.2 Å². The predicted octanol–water partition coefficient (Wildman–Crippen LogP) is 6.68. The summed E-state index contributed by atoms with van der Waals surface area (Å²) in [5.74, 6) is 0. The van der Waals surface area contributed by atoms with Gasteiger partial charge in [-0.25, -0.2) is 4.98 Å². The molecule has 0 aliphatic rings. The Kier molecular flexibility index (Phi) is 10.1. The van der Waals surface area contributed by atoms with Gasteiger partial charge in [-0.15, -0.1) is 24.8 Å². The van der Waals surface area contributed by atoms with Gasteiger partial charge < -0.3 is 9.30 Å². The molecule has 0 amide bonds. The van der Waals surface area contributed by atoms with E-state index in [2.05, 4.69) is 22.1 Å². The normalized spacial score (nSPS) is 10.9. The summed E-state index contributed by atoms with van der Waals surface area (Å²) in [6.07, 6.45) is 4.46. The molecular formula is C25H19Cl4N5O. The Labute approximate surface area is 225 Å². The van der Waals surface area contributed by atoms with Crippen molar-refractivity contribution in [1.82, 2.24) is 14.5 Å². The van der Waals surface area contributed by atoms with E-state index < -0.39 is 6.10 Å². The first-order chi connectivity index (χ1) is 16.0. The van der Waals surface area contributed by atoms with Gasteiger partial charge in [0.05, 0.1) is 57.8 Å². The second-order valence-corrected chi connectivity index (χ2v) is 8.07. The van der Waals surface area contributed by atoms with Gasteiger partial charge in [-0.05, 0) is 35.9 Å². The van der Waals surface area contributed by atoms with E-state index in [1.54, 1.807) is 42.9 Å². The number of rotatable bonds is 6. The van der Waals surface area contributed by atoms with Crippen LogP contribution < -0.4 is 0 Å². The number of aromatic nitrogens is 3. The minimum Gasteiger partial charge on any atom is -0.361 e. The summed E-state index contributed by atoms with van der Waals surface area (Å²) in [5, 5.41) is 19.5. The smallest absolute Gasteiger partial charge is 0.125 e. The third-order valence-electron chi connectivity index (χ3n) is 5.18. The minimum atomic E-state index is -0.487. The van der Waals surface area contributed by atoms with Gasteiger partial charge in [-0.1, -0.05) is 41.4 Å². The molecule has 6 nitrogen and oxygen atoms in total. The van der Waals surface area contributed by atoms with Gasteiger partial charge in [0.2, 0.25) is 0 Å². The second-order valence-electron chi connectivity index (χ2n) is 7.29. The van der Waals surface area contributed by atoms with Crippen molar-refractivity contribution >= 4 is 48.0 Å². The zero-order chi connectivity index (χ0) is 23.4. The molecule has 0 radical (unpaired) electrons. The van der Waals surface area contributed by atoms with Crippen LogP contribution in [0.5, 0.6) is 0 Å². The molecule has 178 valence electrons. The highest BCUT2D eigenvalue weighted by molar-refractivity contribution is 6.43. The van der Waals surface area contributed by atoms with Crippen molar-refractivity contribution < 1.29 is 4.74 Å². The molecule has 0 saturated heterocycles. The van der Waals surface area contributed by atoms with Crippen molar-refractivity contribution in [3.05, 3.63) is 105 Å². The highest BCUT2D eigenvalue weighted by Gasteiger charge is 2.21. The molecule has 4 aromatic rings. The largest absolute Gasteiger partial charge is 0.361 e. The number of hydrogen-bond acceptors (Lipinski definition) is 5. The van der Waals surface area contributed by atoms with E-state index in [-0.39, 0.29) is 31.4 Å². The number of benzene rings is 2. The van der Waals surface area contributed by atoms with Crippen LogP contribution >= 0.6 is 48.0 Å². The summed E-state index contributed by atoms with van der Waals surface area (Å²) in [6.45, 7) is 0.217. The Morgan fingerprint density at radius 1 is 1.00 bits per heavy atom. The molecule has 1 atom stereocenters. The van der Waals surface area contributed by atoms with Gasteiger partial charge in [0.1, 0.15) is 12.2 Å². The zero-order valence-corrected chi connectivity index (χ0v) is 21.5. The lowest BCUT2D eigenvalue weighted by molar-refractivity contribution is 0.0601.